The summed E-state index contributed by atoms with van der Waals surface area (Å²) in [5.41, 5.74) is 2.13. The van der Waals surface area contributed by atoms with Crippen molar-refractivity contribution in [3.8, 4) is 0 Å². The standard InChI is InChI=1S/C10H9FO.C2H6/c1-6-2-4-8(11)7-3-5-9(12)10(6)7;1-2/h2,4H,3,5H2,1H3;1-2H3. The summed E-state index contributed by atoms with van der Waals surface area (Å²) in [6.07, 6.45) is 1.04. The molecule has 0 bridgehead atoms. The van der Waals surface area contributed by atoms with E-state index in [0.717, 1.165) is 5.56 Å². The van der Waals surface area contributed by atoms with E-state index in [-0.39, 0.29) is 11.6 Å². The number of halogens is 1. The van der Waals surface area contributed by atoms with Gasteiger partial charge < -0.3 is 0 Å². The molecule has 0 amide bonds. The predicted octanol–water partition coefficient (Wildman–Crippen LogP) is 3.29. The predicted molar refractivity (Wildman–Crippen MR) is 55.1 cm³/mol. The van der Waals surface area contributed by atoms with Gasteiger partial charge in [0.25, 0.3) is 0 Å². The van der Waals surface area contributed by atoms with Gasteiger partial charge in [-0.15, -0.1) is 0 Å². The average molecular weight is 194 g/mol. The molecule has 1 nitrogen and oxygen atoms in total. The van der Waals surface area contributed by atoms with Crippen LogP contribution in [0.3, 0.4) is 0 Å². The van der Waals surface area contributed by atoms with Crippen LogP contribution in [0.2, 0.25) is 0 Å². The van der Waals surface area contributed by atoms with Crippen LogP contribution in [0.25, 0.3) is 0 Å². The minimum atomic E-state index is -0.235. The maximum absolute atomic E-state index is 13.1. The van der Waals surface area contributed by atoms with Gasteiger partial charge in [0.05, 0.1) is 0 Å². The van der Waals surface area contributed by atoms with Gasteiger partial charge in [0.1, 0.15) is 5.82 Å². The minimum Gasteiger partial charge on any atom is -0.294 e. The van der Waals surface area contributed by atoms with Gasteiger partial charge in [-0.1, -0.05) is 19.9 Å². The Morgan fingerprint density at radius 3 is 2.43 bits per heavy atom. The Bertz CT molecular complexity index is 356. The molecule has 2 rings (SSSR count). The van der Waals surface area contributed by atoms with Crippen LogP contribution in [0, 0.1) is 12.7 Å². The Kier molecular flexibility index (Phi) is 3.39. The molecule has 0 aromatic heterocycles. The van der Waals surface area contributed by atoms with Gasteiger partial charge in [0.15, 0.2) is 5.78 Å². The number of ketones is 1. The van der Waals surface area contributed by atoms with Crippen molar-refractivity contribution in [3.63, 3.8) is 0 Å². The van der Waals surface area contributed by atoms with Gasteiger partial charge >= 0.3 is 0 Å². The van der Waals surface area contributed by atoms with Crippen LogP contribution in [0.4, 0.5) is 4.39 Å². The van der Waals surface area contributed by atoms with E-state index in [1.54, 1.807) is 6.07 Å². The topological polar surface area (TPSA) is 17.1 Å². The molecule has 0 spiro atoms. The van der Waals surface area contributed by atoms with Crippen LogP contribution < -0.4 is 0 Å². The Hall–Kier alpha value is -1.18. The molecule has 0 saturated carbocycles. The largest absolute Gasteiger partial charge is 0.294 e. The van der Waals surface area contributed by atoms with Crippen LogP contribution in [-0.4, -0.2) is 5.78 Å². The van der Waals surface area contributed by atoms with Gasteiger partial charge in [-0.3, -0.25) is 4.79 Å². The summed E-state index contributed by atoms with van der Waals surface area (Å²) in [6.45, 7) is 5.85. The van der Waals surface area contributed by atoms with E-state index in [4.69, 9.17) is 0 Å². The van der Waals surface area contributed by atoms with Crippen LogP contribution in [-0.2, 0) is 6.42 Å². The number of hydrogen-bond acceptors (Lipinski definition) is 1. The molecule has 1 aromatic rings. The highest BCUT2D eigenvalue weighted by Gasteiger charge is 2.23. The molecule has 0 N–H and O–H groups in total. The number of carbonyl (C=O) groups is 1. The molecule has 0 unspecified atom stereocenters. The first-order valence-corrected chi connectivity index (χ1v) is 5.01. The third-order valence-electron chi connectivity index (χ3n) is 2.34. The number of benzene rings is 1. The smallest absolute Gasteiger partial charge is 0.163 e. The van der Waals surface area contributed by atoms with E-state index in [2.05, 4.69) is 0 Å². The zero-order chi connectivity index (χ0) is 10.7. The van der Waals surface area contributed by atoms with Gasteiger partial charge in [-0.05, 0) is 30.5 Å². The lowest BCUT2D eigenvalue weighted by Gasteiger charge is -2.02. The Balaban J connectivity index is 0.000000461. The molecule has 1 aromatic carbocycles. The van der Waals surface area contributed by atoms with Crippen molar-refractivity contribution in [1.82, 2.24) is 0 Å². The highest BCUT2D eigenvalue weighted by molar-refractivity contribution is 6.01. The van der Waals surface area contributed by atoms with E-state index >= 15 is 0 Å². The van der Waals surface area contributed by atoms with Gasteiger partial charge in [0.2, 0.25) is 0 Å². The summed E-state index contributed by atoms with van der Waals surface area (Å²) in [7, 11) is 0. The van der Waals surface area contributed by atoms with Crippen LogP contribution in [0.15, 0.2) is 12.1 Å². The lowest BCUT2D eigenvalue weighted by atomic mass is 10.0. The molecule has 0 fully saturated rings. The summed E-state index contributed by atoms with van der Waals surface area (Å²) >= 11 is 0. The van der Waals surface area contributed by atoms with Crippen molar-refractivity contribution >= 4 is 5.78 Å². The average Bonchev–Trinajstić information content (AvgIpc) is 2.59. The monoisotopic (exact) mass is 194 g/mol. The fourth-order valence-electron chi connectivity index (χ4n) is 1.74. The molecule has 14 heavy (non-hydrogen) atoms. The molecular weight excluding hydrogens is 179 g/mol. The molecule has 1 aliphatic carbocycles. The lowest BCUT2D eigenvalue weighted by molar-refractivity contribution is 0.0994. The molecule has 76 valence electrons. The zero-order valence-electron chi connectivity index (χ0n) is 8.86. The van der Waals surface area contributed by atoms with Crippen molar-refractivity contribution in [3.05, 3.63) is 34.6 Å². The number of fused-ring (bicyclic) bond motifs is 1. The zero-order valence-corrected chi connectivity index (χ0v) is 8.86. The number of hydrogen-bond donors (Lipinski definition) is 0. The van der Waals surface area contributed by atoms with Crippen LogP contribution in [0.1, 0.15) is 41.8 Å². The van der Waals surface area contributed by atoms with E-state index < -0.39 is 0 Å². The molecule has 0 saturated heterocycles. The second kappa shape index (κ2) is 4.36. The Labute approximate surface area is 83.9 Å². The normalized spacial score (nSPS) is 13.3. The van der Waals surface area contributed by atoms with Crippen LogP contribution >= 0.6 is 0 Å². The molecule has 0 radical (unpaired) electrons. The third kappa shape index (κ3) is 1.69. The molecule has 0 aliphatic heterocycles. The maximum Gasteiger partial charge on any atom is 0.163 e. The van der Waals surface area contributed by atoms with Crippen molar-refractivity contribution in [2.75, 3.05) is 0 Å². The molecule has 1 aliphatic rings. The lowest BCUT2D eigenvalue weighted by Crippen LogP contribution is -1.96. The Morgan fingerprint density at radius 2 is 1.86 bits per heavy atom. The Morgan fingerprint density at radius 1 is 1.21 bits per heavy atom. The molecule has 2 heteroatoms. The van der Waals surface area contributed by atoms with Gasteiger partial charge in [-0.2, -0.15) is 0 Å². The van der Waals surface area contributed by atoms with E-state index in [9.17, 15) is 9.18 Å². The molecule has 0 atom stereocenters. The fraction of sp³-hybridized carbons (Fsp3) is 0.417. The van der Waals surface area contributed by atoms with E-state index in [1.165, 1.54) is 6.07 Å². The number of rotatable bonds is 0. The second-order valence-corrected chi connectivity index (χ2v) is 3.14. The minimum absolute atomic E-state index is 0.0852. The molecule has 0 heterocycles. The first-order chi connectivity index (χ1) is 6.70. The van der Waals surface area contributed by atoms with Gasteiger partial charge in [0, 0.05) is 12.0 Å². The molecular formula is C12H15FO. The van der Waals surface area contributed by atoms with Gasteiger partial charge in [-0.25, -0.2) is 4.39 Å². The van der Waals surface area contributed by atoms with E-state index in [1.807, 2.05) is 20.8 Å². The summed E-state index contributed by atoms with van der Waals surface area (Å²) < 4.78 is 13.1. The summed E-state index contributed by atoms with van der Waals surface area (Å²) in [5, 5.41) is 0. The third-order valence-corrected chi connectivity index (χ3v) is 2.34. The quantitative estimate of drug-likeness (QED) is 0.619. The highest BCUT2D eigenvalue weighted by Crippen LogP contribution is 2.27. The fourth-order valence-corrected chi connectivity index (χ4v) is 1.74. The number of carbonyl (C=O) groups excluding carboxylic acids is 1. The maximum atomic E-state index is 13.1. The summed E-state index contributed by atoms with van der Waals surface area (Å²) in [5.74, 6) is -0.150. The van der Waals surface area contributed by atoms with E-state index in [0.29, 0.717) is 24.0 Å². The van der Waals surface area contributed by atoms with Crippen molar-refractivity contribution in [2.45, 2.75) is 33.6 Å². The van der Waals surface area contributed by atoms with Crippen molar-refractivity contribution < 1.29 is 9.18 Å². The first-order valence-electron chi connectivity index (χ1n) is 5.01. The summed E-state index contributed by atoms with van der Waals surface area (Å²) in [4.78, 5) is 11.3. The second-order valence-electron chi connectivity index (χ2n) is 3.14. The first kappa shape index (κ1) is 10.9. The van der Waals surface area contributed by atoms with Crippen molar-refractivity contribution in [1.29, 1.82) is 0 Å². The van der Waals surface area contributed by atoms with Crippen LogP contribution in [0.5, 0.6) is 0 Å². The van der Waals surface area contributed by atoms with Crippen molar-refractivity contribution in [2.24, 2.45) is 0 Å². The summed E-state index contributed by atoms with van der Waals surface area (Å²) in [6, 6.07) is 3.10. The SMILES string of the molecule is CC.Cc1ccc(F)c2c1C(=O)CC2. The number of Topliss-reactive ketones (excluding diaryl/α,β-unsaturated/α-hetero) is 1. The number of aryl methyl sites for hydroxylation is 1. The highest BCUT2D eigenvalue weighted by atomic mass is 19.1.